The van der Waals surface area contributed by atoms with Crippen LogP contribution in [0.2, 0.25) is 5.02 Å². The lowest BCUT2D eigenvalue weighted by atomic mass is 10.4. The lowest BCUT2D eigenvalue weighted by molar-refractivity contribution is 0.101. The second kappa shape index (κ2) is 5.54. The predicted molar refractivity (Wildman–Crippen MR) is 75.0 cm³/mol. The van der Waals surface area contributed by atoms with E-state index < -0.39 is 0 Å². The number of nitrogens with zero attached hydrogens (tertiary/aromatic N) is 2. The Morgan fingerprint density at radius 3 is 3.06 bits per heavy atom. The smallest absolute Gasteiger partial charge is 0.273 e. The molecule has 94 valence electrons. The summed E-state index contributed by atoms with van der Waals surface area (Å²) in [5.74, 6) is 0.132. The van der Waals surface area contributed by atoms with Gasteiger partial charge in [-0.25, -0.2) is 4.98 Å². The van der Waals surface area contributed by atoms with Gasteiger partial charge in [-0.15, -0.1) is 0 Å². The fraction of sp³-hybridized carbons (Fsp3) is 0.167. The van der Waals surface area contributed by atoms with E-state index in [0.717, 1.165) is 4.47 Å². The Kier molecular flexibility index (Phi) is 4.04. The van der Waals surface area contributed by atoms with Crippen LogP contribution < -0.4 is 5.32 Å². The molecular weight excluding hydrogens is 318 g/mol. The van der Waals surface area contributed by atoms with Crippen molar-refractivity contribution in [1.29, 1.82) is 0 Å². The van der Waals surface area contributed by atoms with Gasteiger partial charge >= 0.3 is 0 Å². The largest absolute Gasteiger partial charge is 0.343 e. The third-order valence-corrected chi connectivity index (χ3v) is 3.17. The van der Waals surface area contributed by atoms with Gasteiger partial charge in [-0.05, 0) is 41.1 Å². The van der Waals surface area contributed by atoms with Crippen LogP contribution >= 0.6 is 27.5 Å². The van der Waals surface area contributed by atoms with Crippen LogP contribution in [0.4, 0.5) is 5.82 Å². The van der Waals surface area contributed by atoms with Gasteiger partial charge in [0, 0.05) is 23.4 Å². The van der Waals surface area contributed by atoms with Crippen LogP contribution in [0.15, 0.2) is 35.1 Å². The van der Waals surface area contributed by atoms with E-state index in [9.17, 15) is 4.79 Å². The van der Waals surface area contributed by atoms with E-state index in [1.807, 2.05) is 17.7 Å². The van der Waals surface area contributed by atoms with Crippen molar-refractivity contribution in [2.45, 2.75) is 13.5 Å². The number of carbonyl (C=O) groups is 1. The molecule has 0 aliphatic carbocycles. The van der Waals surface area contributed by atoms with Gasteiger partial charge in [0.25, 0.3) is 5.91 Å². The first kappa shape index (κ1) is 13.1. The maximum atomic E-state index is 12.1. The highest BCUT2D eigenvalue weighted by Crippen LogP contribution is 2.20. The van der Waals surface area contributed by atoms with Crippen molar-refractivity contribution < 1.29 is 4.79 Å². The molecule has 2 aromatic heterocycles. The first-order chi connectivity index (χ1) is 8.61. The minimum Gasteiger partial charge on any atom is -0.343 e. The van der Waals surface area contributed by atoms with Crippen molar-refractivity contribution in [2.24, 2.45) is 0 Å². The van der Waals surface area contributed by atoms with Crippen LogP contribution in [0.1, 0.15) is 17.4 Å². The number of carbonyl (C=O) groups excluding carboxylic acids is 1. The fourth-order valence-corrected chi connectivity index (χ4v) is 2.21. The number of aromatic nitrogens is 2. The Morgan fingerprint density at radius 2 is 2.39 bits per heavy atom. The van der Waals surface area contributed by atoms with E-state index in [4.69, 9.17) is 11.6 Å². The molecule has 0 aliphatic rings. The van der Waals surface area contributed by atoms with Crippen LogP contribution in [0.5, 0.6) is 0 Å². The zero-order valence-electron chi connectivity index (χ0n) is 9.65. The zero-order valence-corrected chi connectivity index (χ0v) is 12.0. The number of amides is 1. The molecule has 2 rings (SSSR count). The average Bonchev–Trinajstić information content (AvgIpc) is 2.73. The summed E-state index contributed by atoms with van der Waals surface area (Å²) in [6.45, 7) is 2.68. The fourth-order valence-electron chi connectivity index (χ4n) is 1.58. The highest BCUT2D eigenvalue weighted by atomic mass is 79.9. The molecule has 0 bridgehead atoms. The van der Waals surface area contributed by atoms with E-state index in [1.165, 1.54) is 0 Å². The molecule has 0 saturated heterocycles. The van der Waals surface area contributed by atoms with Gasteiger partial charge in [-0.2, -0.15) is 0 Å². The molecule has 0 aromatic carbocycles. The van der Waals surface area contributed by atoms with Crippen LogP contribution in [-0.2, 0) is 6.54 Å². The third-order valence-electron chi connectivity index (χ3n) is 2.43. The van der Waals surface area contributed by atoms with Crippen LogP contribution in [0.25, 0.3) is 0 Å². The molecule has 18 heavy (non-hydrogen) atoms. The highest BCUT2D eigenvalue weighted by Gasteiger charge is 2.14. The Hall–Kier alpha value is -1.33. The lowest BCUT2D eigenvalue weighted by Crippen LogP contribution is -2.17. The molecule has 1 amide bonds. The lowest BCUT2D eigenvalue weighted by Gasteiger charge is -2.07. The summed E-state index contributed by atoms with van der Waals surface area (Å²) in [5.41, 5.74) is 0.561. The summed E-state index contributed by atoms with van der Waals surface area (Å²) in [5, 5.41) is 3.11. The normalized spacial score (nSPS) is 10.4. The molecule has 2 aromatic rings. The van der Waals surface area contributed by atoms with Gasteiger partial charge in [0.2, 0.25) is 0 Å². The Morgan fingerprint density at radius 1 is 1.61 bits per heavy atom. The standard InChI is InChI=1S/C12H11BrClN3O/c1-2-17-7-8(13)6-10(17)12(18)16-11-9(14)4-3-5-15-11/h3-7H,2H2,1H3,(H,15,16,18). The summed E-state index contributed by atoms with van der Waals surface area (Å²) < 4.78 is 2.71. The number of anilines is 1. The summed E-state index contributed by atoms with van der Waals surface area (Å²) in [7, 11) is 0. The van der Waals surface area contributed by atoms with Crippen LogP contribution in [0.3, 0.4) is 0 Å². The van der Waals surface area contributed by atoms with Gasteiger partial charge in [0.1, 0.15) is 5.69 Å². The molecule has 0 radical (unpaired) electrons. The first-order valence-corrected chi connectivity index (χ1v) is 6.56. The summed E-state index contributed by atoms with van der Waals surface area (Å²) in [6.07, 6.45) is 3.44. The van der Waals surface area contributed by atoms with Crippen molar-refractivity contribution in [3.8, 4) is 0 Å². The number of aryl methyl sites for hydroxylation is 1. The number of halogens is 2. The van der Waals surface area contributed by atoms with Gasteiger partial charge in [-0.1, -0.05) is 11.6 Å². The first-order valence-electron chi connectivity index (χ1n) is 5.39. The SMILES string of the molecule is CCn1cc(Br)cc1C(=O)Nc1ncccc1Cl. The van der Waals surface area contributed by atoms with Gasteiger partial charge in [-0.3, -0.25) is 4.79 Å². The topological polar surface area (TPSA) is 46.9 Å². The molecule has 0 saturated carbocycles. The Balaban J connectivity index is 2.25. The second-order valence-electron chi connectivity index (χ2n) is 3.62. The molecule has 6 heteroatoms. The number of rotatable bonds is 3. The summed E-state index contributed by atoms with van der Waals surface area (Å²) >= 11 is 9.29. The molecule has 0 aliphatic heterocycles. The highest BCUT2D eigenvalue weighted by molar-refractivity contribution is 9.10. The molecule has 1 N–H and O–H groups in total. The maximum Gasteiger partial charge on any atom is 0.273 e. The molecule has 0 spiro atoms. The van der Waals surface area contributed by atoms with E-state index in [-0.39, 0.29) is 5.91 Å². The molecule has 2 heterocycles. The minimum absolute atomic E-state index is 0.233. The molecule has 0 unspecified atom stereocenters. The Bertz CT molecular complexity index is 582. The monoisotopic (exact) mass is 327 g/mol. The quantitative estimate of drug-likeness (QED) is 0.936. The number of pyridine rings is 1. The minimum atomic E-state index is -0.233. The van der Waals surface area contributed by atoms with Crippen molar-refractivity contribution in [1.82, 2.24) is 9.55 Å². The molecule has 0 fully saturated rings. The molecule has 4 nitrogen and oxygen atoms in total. The van der Waals surface area contributed by atoms with Gasteiger partial charge < -0.3 is 9.88 Å². The maximum absolute atomic E-state index is 12.1. The van der Waals surface area contributed by atoms with Crippen molar-refractivity contribution >= 4 is 39.3 Å². The van der Waals surface area contributed by atoms with Crippen molar-refractivity contribution in [3.63, 3.8) is 0 Å². The van der Waals surface area contributed by atoms with Crippen LogP contribution in [0, 0.1) is 0 Å². The van der Waals surface area contributed by atoms with Crippen LogP contribution in [-0.4, -0.2) is 15.5 Å². The third kappa shape index (κ3) is 2.73. The van der Waals surface area contributed by atoms with E-state index in [0.29, 0.717) is 23.1 Å². The average molecular weight is 329 g/mol. The predicted octanol–water partition coefficient (Wildman–Crippen LogP) is 3.57. The number of hydrogen-bond donors (Lipinski definition) is 1. The number of nitrogens with one attached hydrogen (secondary N) is 1. The second-order valence-corrected chi connectivity index (χ2v) is 4.94. The molecular formula is C12H11BrClN3O. The van der Waals surface area contributed by atoms with Gasteiger partial charge in [0.05, 0.1) is 5.02 Å². The van der Waals surface area contributed by atoms with Gasteiger partial charge in [0.15, 0.2) is 5.82 Å². The zero-order chi connectivity index (χ0) is 13.1. The van der Waals surface area contributed by atoms with E-state index in [2.05, 4.69) is 26.2 Å². The van der Waals surface area contributed by atoms with E-state index in [1.54, 1.807) is 24.4 Å². The van der Waals surface area contributed by atoms with E-state index >= 15 is 0 Å². The summed E-state index contributed by atoms with van der Waals surface area (Å²) in [6, 6.07) is 5.15. The Labute approximate surface area is 118 Å². The summed E-state index contributed by atoms with van der Waals surface area (Å²) in [4.78, 5) is 16.1. The van der Waals surface area contributed by atoms with Crippen molar-refractivity contribution in [3.05, 3.63) is 45.8 Å². The van der Waals surface area contributed by atoms with Crippen molar-refractivity contribution in [2.75, 3.05) is 5.32 Å². The molecule has 0 atom stereocenters. The number of hydrogen-bond acceptors (Lipinski definition) is 2.